The lowest BCUT2D eigenvalue weighted by Gasteiger charge is -2.37. The first kappa shape index (κ1) is 25.6. The lowest BCUT2D eigenvalue weighted by Crippen LogP contribution is -2.39. The van der Waals surface area contributed by atoms with E-state index in [4.69, 9.17) is 4.74 Å². The Morgan fingerprint density at radius 2 is 1.50 bits per heavy atom. The van der Waals surface area contributed by atoms with Gasteiger partial charge in [0.15, 0.2) is 5.78 Å². The second-order valence-corrected chi connectivity index (χ2v) is 11.2. The molecular formula is C35H32N2O3. The Hall–Kier alpha value is -4.64. The lowest BCUT2D eigenvalue weighted by atomic mass is 9.73. The number of hydrogen-bond acceptors (Lipinski definition) is 4. The summed E-state index contributed by atoms with van der Waals surface area (Å²) in [4.78, 5) is 30.3. The van der Waals surface area contributed by atoms with E-state index in [0.29, 0.717) is 36.3 Å². The van der Waals surface area contributed by atoms with Crippen molar-refractivity contribution in [3.05, 3.63) is 137 Å². The number of para-hydroxylation sites is 3. The van der Waals surface area contributed by atoms with Crippen molar-refractivity contribution in [2.45, 2.75) is 39.3 Å². The zero-order valence-corrected chi connectivity index (χ0v) is 22.8. The molecule has 5 nitrogen and oxygen atoms in total. The van der Waals surface area contributed by atoms with Gasteiger partial charge in [-0.25, -0.2) is 0 Å². The minimum absolute atomic E-state index is 0.0419. The molecule has 1 atom stereocenters. The third kappa shape index (κ3) is 4.91. The number of rotatable bonds is 5. The van der Waals surface area contributed by atoms with Crippen LogP contribution in [0.2, 0.25) is 0 Å². The van der Waals surface area contributed by atoms with Gasteiger partial charge < -0.3 is 10.1 Å². The van der Waals surface area contributed by atoms with Gasteiger partial charge >= 0.3 is 0 Å². The van der Waals surface area contributed by atoms with Crippen molar-refractivity contribution in [2.24, 2.45) is 5.41 Å². The molecule has 40 heavy (non-hydrogen) atoms. The Labute approximate surface area is 235 Å². The van der Waals surface area contributed by atoms with Crippen LogP contribution >= 0.6 is 0 Å². The van der Waals surface area contributed by atoms with Gasteiger partial charge in [-0.2, -0.15) is 0 Å². The number of nitrogens with zero attached hydrogens (tertiary/aromatic N) is 1. The highest BCUT2D eigenvalue weighted by molar-refractivity contribution is 6.12. The van der Waals surface area contributed by atoms with Crippen molar-refractivity contribution in [2.75, 3.05) is 10.2 Å². The fourth-order valence-corrected chi connectivity index (χ4v) is 5.80. The minimum atomic E-state index is -0.672. The highest BCUT2D eigenvalue weighted by Crippen LogP contribution is 2.50. The van der Waals surface area contributed by atoms with Gasteiger partial charge in [-0.15, -0.1) is 0 Å². The topological polar surface area (TPSA) is 58.6 Å². The highest BCUT2D eigenvalue weighted by Gasteiger charge is 2.44. The maximum absolute atomic E-state index is 14.4. The Bertz CT molecular complexity index is 1590. The summed E-state index contributed by atoms with van der Waals surface area (Å²) in [6.07, 6.45) is 1.10. The molecule has 0 spiro atoms. The fourth-order valence-electron chi connectivity index (χ4n) is 5.80. The van der Waals surface area contributed by atoms with Crippen molar-refractivity contribution in [1.29, 1.82) is 0 Å². The van der Waals surface area contributed by atoms with Crippen LogP contribution < -0.4 is 15.0 Å². The zero-order valence-electron chi connectivity index (χ0n) is 22.8. The summed E-state index contributed by atoms with van der Waals surface area (Å²) in [6.45, 7) is 4.61. The number of ketones is 1. The number of carbonyl (C=O) groups excluding carboxylic acids is 2. The predicted molar refractivity (Wildman–Crippen MR) is 158 cm³/mol. The molecular weight excluding hydrogens is 496 g/mol. The SMILES string of the molecule is CC1(C)CC(=O)C2=C(C1)Nc1ccccc1N(C(=O)c1ccccc1)[C@@H]2c1ccccc1OCc1ccccc1. The largest absolute Gasteiger partial charge is 0.489 e. The van der Waals surface area contributed by atoms with Gasteiger partial charge in [-0.3, -0.25) is 14.5 Å². The Kier molecular flexibility index (Phi) is 6.72. The molecule has 0 saturated heterocycles. The van der Waals surface area contributed by atoms with E-state index >= 15 is 0 Å². The molecule has 1 N–H and O–H groups in total. The summed E-state index contributed by atoms with van der Waals surface area (Å²) in [5, 5.41) is 3.58. The number of carbonyl (C=O) groups is 2. The standard InChI is InChI=1S/C35H32N2O3/c1-35(2)21-28-32(30(38)22-35)33(26-17-9-12-20-31(26)40-23-24-13-5-3-6-14-24)37(29-19-11-10-18-27(29)36-28)34(39)25-15-7-4-8-16-25/h3-20,33,36H,21-23H2,1-2H3/t33-/m1/s1. The van der Waals surface area contributed by atoms with E-state index in [1.54, 1.807) is 4.90 Å². The zero-order chi connectivity index (χ0) is 27.7. The summed E-state index contributed by atoms with van der Waals surface area (Å²) in [6, 6.07) is 34.1. The molecule has 0 fully saturated rings. The van der Waals surface area contributed by atoms with E-state index in [1.807, 2.05) is 109 Å². The molecule has 0 saturated carbocycles. The van der Waals surface area contributed by atoms with Gasteiger partial charge in [0.25, 0.3) is 5.91 Å². The van der Waals surface area contributed by atoms with E-state index < -0.39 is 6.04 Å². The molecule has 6 rings (SSSR count). The molecule has 1 aliphatic carbocycles. The van der Waals surface area contributed by atoms with Crippen LogP contribution in [0.4, 0.5) is 11.4 Å². The lowest BCUT2D eigenvalue weighted by molar-refractivity contribution is -0.118. The number of anilines is 2. The summed E-state index contributed by atoms with van der Waals surface area (Å²) in [5.74, 6) is 0.510. The molecule has 0 radical (unpaired) electrons. The maximum atomic E-state index is 14.4. The van der Waals surface area contributed by atoms with Crippen LogP contribution in [-0.4, -0.2) is 11.7 Å². The van der Waals surface area contributed by atoms with Crippen LogP contribution in [0.1, 0.15) is 54.2 Å². The van der Waals surface area contributed by atoms with Gasteiger partial charge in [-0.05, 0) is 47.7 Å². The Morgan fingerprint density at radius 1 is 0.850 bits per heavy atom. The van der Waals surface area contributed by atoms with Crippen molar-refractivity contribution in [3.63, 3.8) is 0 Å². The van der Waals surface area contributed by atoms with Crippen molar-refractivity contribution in [3.8, 4) is 5.75 Å². The molecule has 0 bridgehead atoms. The number of benzene rings is 4. The Morgan fingerprint density at radius 3 is 2.27 bits per heavy atom. The molecule has 200 valence electrons. The van der Waals surface area contributed by atoms with Crippen LogP contribution in [0.5, 0.6) is 5.75 Å². The number of hydrogen-bond donors (Lipinski definition) is 1. The van der Waals surface area contributed by atoms with Gasteiger partial charge in [0.05, 0.1) is 17.4 Å². The number of ether oxygens (including phenoxy) is 1. The quantitative estimate of drug-likeness (QED) is 0.288. The molecule has 1 amide bonds. The summed E-state index contributed by atoms with van der Waals surface area (Å²) in [5.41, 5.74) is 5.17. The average molecular weight is 529 g/mol. The average Bonchev–Trinajstić information content (AvgIpc) is 3.10. The first-order valence-corrected chi connectivity index (χ1v) is 13.7. The van der Waals surface area contributed by atoms with E-state index in [0.717, 1.165) is 28.2 Å². The van der Waals surface area contributed by atoms with Crippen LogP contribution in [0.25, 0.3) is 0 Å². The normalized spacial score (nSPS) is 17.8. The van der Waals surface area contributed by atoms with Crippen LogP contribution in [0, 0.1) is 5.41 Å². The summed E-state index contributed by atoms with van der Waals surface area (Å²) >= 11 is 0. The first-order valence-electron chi connectivity index (χ1n) is 13.7. The summed E-state index contributed by atoms with van der Waals surface area (Å²) in [7, 11) is 0. The van der Waals surface area contributed by atoms with Gasteiger partial charge in [0.2, 0.25) is 0 Å². The number of amides is 1. The Balaban J connectivity index is 1.56. The third-order valence-corrected chi connectivity index (χ3v) is 7.59. The monoisotopic (exact) mass is 528 g/mol. The predicted octanol–water partition coefficient (Wildman–Crippen LogP) is 7.72. The van der Waals surface area contributed by atoms with Crippen LogP contribution in [0.15, 0.2) is 120 Å². The highest BCUT2D eigenvalue weighted by atomic mass is 16.5. The van der Waals surface area contributed by atoms with Crippen molar-refractivity contribution >= 4 is 23.1 Å². The number of Topliss-reactive ketones (excluding diaryl/α,β-unsaturated/α-hetero) is 1. The molecule has 5 heteroatoms. The smallest absolute Gasteiger partial charge is 0.259 e. The molecule has 4 aromatic carbocycles. The third-order valence-electron chi connectivity index (χ3n) is 7.59. The van der Waals surface area contributed by atoms with E-state index in [1.165, 1.54) is 0 Å². The van der Waals surface area contributed by atoms with E-state index in [-0.39, 0.29) is 17.1 Å². The molecule has 0 unspecified atom stereocenters. The summed E-state index contributed by atoms with van der Waals surface area (Å²) < 4.78 is 6.40. The van der Waals surface area contributed by atoms with Crippen molar-refractivity contribution < 1.29 is 14.3 Å². The molecule has 2 aliphatic rings. The van der Waals surface area contributed by atoms with Gasteiger partial charge in [-0.1, -0.05) is 92.7 Å². The van der Waals surface area contributed by atoms with E-state index in [9.17, 15) is 9.59 Å². The molecule has 1 heterocycles. The van der Waals surface area contributed by atoms with Crippen LogP contribution in [-0.2, 0) is 11.4 Å². The number of nitrogens with one attached hydrogen (secondary N) is 1. The van der Waals surface area contributed by atoms with Crippen molar-refractivity contribution in [1.82, 2.24) is 0 Å². The van der Waals surface area contributed by atoms with Crippen LogP contribution in [0.3, 0.4) is 0 Å². The molecule has 1 aliphatic heterocycles. The maximum Gasteiger partial charge on any atom is 0.259 e. The molecule has 0 aromatic heterocycles. The van der Waals surface area contributed by atoms with E-state index in [2.05, 4.69) is 19.2 Å². The minimum Gasteiger partial charge on any atom is -0.489 e. The molecule has 4 aromatic rings. The number of fused-ring (bicyclic) bond motifs is 1. The second-order valence-electron chi connectivity index (χ2n) is 11.2. The van der Waals surface area contributed by atoms with Gasteiger partial charge in [0, 0.05) is 28.8 Å². The second kappa shape index (κ2) is 10.5. The van der Waals surface area contributed by atoms with Gasteiger partial charge in [0.1, 0.15) is 12.4 Å². The first-order chi connectivity index (χ1) is 19.4. The number of allylic oxidation sites excluding steroid dienone is 1. The fraction of sp³-hybridized carbons (Fsp3) is 0.200.